The van der Waals surface area contributed by atoms with Crippen LogP contribution in [0.3, 0.4) is 0 Å². The molecule has 0 amide bonds. The molecule has 2 aromatic heterocycles. The third kappa shape index (κ3) is 1.14. The summed E-state index contributed by atoms with van der Waals surface area (Å²) >= 11 is 0. The highest BCUT2D eigenvalue weighted by Gasteiger charge is 2.10. The molecule has 0 aromatic carbocycles. The first-order valence-corrected chi connectivity index (χ1v) is 4.26. The minimum Gasteiger partial charge on any atom is -0.328 e. The SMILES string of the molecule is CC(C)c1[nH]nc2cc[nH]c(=O)c12. The van der Waals surface area contributed by atoms with Gasteiger partial charge >= 0.3 is 0 Å². The fourth-order valence-electron chi connectivity index (χ4n) is 1.42. The Hall–Kier alpha value is -1.58. The smallest absolute Gasteiger partial charge is 0.259 e. The molecule has 0 saturated carbocycles. The van der Waals surface area contributed by atoms with Crippen molar-refractivity contribution >= 4 is 10.9 Å². The number of nitrogens with one attached hydrogen (secondary N) is 2. The Morgan fingerprint density at radius 3 is 2.92 bits per heavy atom. The molecule has 2 N–H and O–H groups in total. The number of H-pyrrole nitrogens is 2. The van der Waals surface area contributed by atoms with Crippen LogP contribution in [0.4, 0.5) is 0 Å². The number of nitrogens with zero attached hydrogens (tertiary/aromatic N) is 1. The summed E-state index contributed by atoms with van der Waals surface area (Å²) < 4.78 is 0. The fourth-order valence-corrected chi connectivity index (χ4v) is 1.42. The van der Waals surface area contributed by atoms with E-state index in [0.717, 1.165) is 11.2 Å². The van der Waals surface area contributed by atoms with Crippen molar-refractivity contribution in [1.29, 1.82) is 0 Å². The van der Waals surface area contributed by atoms with Gasteiger partial charge in [0.1, 0.15) is 0 Å². The quantitative estimate of drug-likeness (QED) is 0.691. The van der Waals surface area contributed by atoms with Crippen molar-refractivity contribution < 1.29 is 0 Å². The lowest BCUT2D eigenvalue weighted by molar-refractivity contribution is 0.817. The lowest BCUT2D eigenvalue weighted by Crippen LogP contribution is -2.06. The Balaban J connectivity index is 2.87. The molecule has 2 heterocycles. The molecule has 4 nitrogen and oxygen atoms in total. The number of aromatic amines is 2. The zero-order valence-corrected chi connectivity index (χ0v) is 7.59. The van der Waals surface area contributed by atoms with Crippen LogP contribution < -0.4 is 5.56 Å². The summed E-state index contributed by atoms with van der Waals surface area (Å²) in [6.07, 6.45) is 1.61. The predicted octanol–water partition coefficient (Wildman–Crippen LogP) is 1.37. The summed E-state index contributed by atoms with van der Waals surface area (Å²) in [7, 11) is 0. The molecule has 0 aliphatic carbocycles. The van der Waals surface area contributed by atoms with Crippen molar-refractivity contribution in [3.8, 4) is 0 Å². The number of pyridine rings is 1. The Morgan fingerprint density at radius 1 is 1.46 bits per heavy atom. The minimum absolute atomic E-state index is 0.0741. The van der Waals surface area contributed by atoms with Crippen LogP contribution in [0.1, 0.15) is 25.5 Å². The number of hydrogen-bond donors (Lipinski definition) is 2. The van der Waals surface area contributed by atoms with Crippen molar-refractivity contribution in [1.82, 2.24) is 15.2 Å². The maximum Gasteiger partial charge on any atom is 0.259 e. The van der Waals surface area contributed by atoms with Gasteiger partial charge in [-0.2, -0.15) is 5.10 Å². The van der Waals surface area contributed by atoms with Crippen LogP contribution in [-0.4, -0.2) is 15.2 Å². The monoisotopic (exact) mass is 177 g/mol. The minimum atomic E-state index is -0.0741. The van der Waals surface area contributed by atoms with Crippen LogP contribution in [0.25, 0.3) is 10.9 Å². The highest BCUT2D eigenvalue weighted by atomic mass is 16.1. The van der Waals surface area contributed by atoms with Gasteiger partial charge in [0.05, 0.1) is 16.6 Å². The van der Waals surface area contributed by atoms with E-state index < -0.39 is 0 Å². The third-order valence-corrected chi connectivity index (χ3v) is 2.08. The van der Waals surface area contributed by atoms with Gasteiger partial charge in [-0.25, -0.2) is 0 Å². The summed E-state index contributed by atoms with van der Waals surface area (Å²) in [5.74, 6) is 0.286. The molecule has 4 heteroatoms. The number of rotatable bonds is 1. The standard InChI is InChI=1S/C9H11N3O/c1-5(2)8-7-6(11-12-8)3-4-10-9(7)13/h3-5H,1-2H3,(H,10,13)(H,11,12). The van der Waals surface area contributed by atoms with E-state index >= 15 is 0 Å². The number of hydrogen-bond acceptors (Lipinski definition) is 2. The molecule has 0 atom stereocenters. The maximum absolute atomic E-state index is 11.4. The van der Waals surface area contributed by atoms with Gasteiger partial charge in [0.15, 0.2) is 0 Å². The zero-order chi connectivity index (χ0) is 9.42. The second kappa shape index (κ2) is 2.73. The van der Waals surface area contributed by atoms with E-state index in [1.54, 1.807) is 12.3 Å². The zero-order valence-electron chi connectivity index (χ0n) is 7.59. The van der Waals surface area contributed by atoms with Crippen LogP contribution in [0.5, 0.6) is 0 Å². The van der Waals surface area contributed by atoms with Gasteiger partial charge < -0.3 is 4.98 Å². The van der Waals surface area contributed by atoms with Crippen molar-refractivity contribution in [3.63, 3.8) is 0 Å². The van der Waals surface area contributed by atoms with E-state index in [1.807, 2.05) is 13.8 Å². The molecular formula is C9H11N3O. The first-order valence-electron chi connectivity index (χ1n) is 4.26. The van der Waals surface area contributed by atoms with Crippen LogP contribution in [0, 0.1) is 0 Å². The third-order valence-electron chi connectivity index (χ3n) is 2.08. The predicted molar refractivity (Wildman–Crippen MR) is 50.8 cm³/mol. The van der Waals surface area contributed by atoms with Crippen molar-refractivity contribution in [2.75, 3.05) is 0 Å². The molecule has 0 radical (unpaired) electrons. The Bertz CT molecular complexity index is 481. The second-order valence-corrected chi connectivity index (χ2v) is 3.36. The van der Waals surface area contributed by atoms with Crippen molar-refractivity contribution in [2.24, 2.45) is 0 Å². The molecule has 13 heavy (non-hydrogen) atoms. The van der Waals surface area contributed by atoms with Crippen molar-refractivity contribution in [2.45, 2.75) is 19.8 Å². The summed E-state index contributed by atoms with van der Waals surface area (Å²) in [6, 6.07) is 1.79. The molecular weight excluding hydrogens is 166 g/mol. The Kier molecular flexibility index (Phi) is 1.69. The highest BCUT2D eigenvalue weighted by Crippen LogP contribution is 2.18. The summed E-state index contributed by atoms with van der Waals surface area (Å²) in [6.45, 7) is 4.05. The molecule has 0 bridgehead atoms. The van der Waals surface area contributed by atoms with E-state index in [9.17, 15) is 4.79 Å². The molecule has 0 aliphatic rings. The van der Waals surface area contributed by atoms with E-state index in [0.29, 0.717) is 5.39 Å². The molecule has 0 aliphatic heterocycles. The second-order valence-electron chi connectivity index (χ2n) is 3.36. The summed E-state index contributed by atoms with van der Waals surface area (Å²) in [5, 5.41) is 7.62. The molecule has 2 rings (SSSR count). The molecule has 68 valence electrons. The lowest BCUT2D eigenvalue weighted by atomic mass is 10.1. The lowest BCUT2D eigenvalue weighted by Gasteiger charge is -1.99. The molecule has 0 saturated heterocycles. The van der Waals surface area contributed by atoms with Gasteiger partial charge in [-0.1, -0.05) is 13.8 Å². The molecule has 2 aromatic rings. The topological polar surface area (TPSA) is 61.5 Å². The Morgan fingerprint density at radius 2 is 2.23 bits per heavy atom. The van der Waals surface area contributed by atoms with Gasteiger partial charge in [0.25, 0.3) is 5.56 Å². The normalized spacial score (nSPS) is 11.3. The van der Waals surface area contributed by atoms with Gasteiger partial charge in [-0.15, -0.1) is 0 Å². The van der Waals surface area contributed by atoms with Crippen LogP contribution in [-0.2, 0) is 0 Å². The van der Waals surface area contributed by atoms with E-state index in [4.69, 9.17) is 0 Å². The van der Waals surface area contributed by atoms with Crippen LogP contribution >= 0.6 is 0 Å². The summed E-state index contributed by atoms with van der Waals surface area (Å²) in [4.78, 5) is 14.1. The molecule has 0 unspecified atom stereocenters. The van der Waals surface area contributed by atoms with Crippen LogP contribution in [0.2, 0.25) is 0 Å². The fraction of sp³-hybridized carbons (Fsp3) is 0.333. The van der Waals surface area contributed by atoms with E-state index in [1.165, 1.54) is 0 Å². The number of fused-ring (bicyclic) bond motifs is 1. The molecule has 0 spiro atoms. The Labute approximate surface area is 75.0 Å². The van der Waals surface area contributed by atoms with Gasteiger partial charge in [-0.3, -0.25) is 9.89 Å². The summed E-state index contributed by atoms with van der Waals surface area (Å²) in [5.41, 5.74) is 1.55. The maximum atomic E-state index is 11.4. The van der Waals surface area contributed by atoms with Gasteiger partial charge in [-0.05, 0) is 12.0 Å². The first-order chi connectivity index (χ1) is 6.20. The van der Waals surface area contributed by atoms with Gasteiger partial charge in [0.2, 0.25) is 0 Å². The largest absolute Gasteiger partial charge is 0.328 e. The first kappa shape index (κ1) is 8.04. The van der Waals surface area contributed by atoms with Crippen LogP contribution in [0.15, 0.2) is 17.1 Å². The van der Waals surface area contributed by atoms with Gasteiger partial charge in [0, 0.05) is 6.20 Å². The van der Waals surface area contributed by atoms with E-state index in [-0.39, 0.29) is 11.5 Å². The van der Waals surface area contributed by atoms with Crippen molar-refractivity contribution in [3.05, 3.63) is 28.3 Å². The highest BCUT2D eigenvalue weighted by molar-refractivity contribution is 5.80. The average Bonchev–Trinajstić information content (AvgIpc) is 2.49. The molecule has 0 fully saturated rings. The average molecular weight is 177 g/mol. The van der Waals surface area contributed by atoms with E-state index in [2.05, 4.69) is 15.2 Å². The number of aromatic nitrogens is 3.